The zero-order chi connectivity index (χ0) is 22.5. The van der Waals surface area contributed by atoms with Gasteiger partial charge in [-0.3, -0.25) is 9.59 Å². The molecule has 0 aromatic heterocycles. The van der Waals surface area contributed by atoms with Gasteiger partial charge in [0.15, 0.2) is 0 Å². The Hall–Kier alpha value is -2.24. The zero-order valence-corrected chi connectivity index (χ0v) is 19.5. The van der Waals surface area contributed by atoms with Gasteiger partial charge in [-0.05, 0) is 63.1 Å². The number of ether oxygens (including phenoxy) is 1. The lowest BCUT2D eigenvalue weighted by molar-refractivity contribution is -0.140. The standard InChI is InChI=1S/C23H28Cl2N2O3/c1-15(22(29)26-23(2,3)4)27(14-16-7-6-8-19(11-16)30-5)21(28)12-17-9-10-18(24)13-20(17)25/h6-11,13,15H,12,14H2,1-5H3,(H,26,29)/t15-/m0/s1. The van der Waals surface area contributed by atoms with Gasteiger partial charge in [-0.25, -0.2) is 0 Å². The van der Waals surface area contributed by atoms with Crippen molar-refractivity contribution in [2.24, 2.45) is 0 Å². The molecule has 0 bridgehead atoms. The van der Waals surface area contributed by atoms with Gasteiger partial charge in [0.1, 0.15) is 11.8 Å². The maximum absolute atomic E-state index is 13.2. The van der Waals surface area contributed by atoms with Gasteiger partial charge >= 0.3 is 0 Å². The van der Waals surface area contributed by atoms with Crippen LogP contribution in [0.25, 0.3) is 0 Å². The van der Waals surface area contributed by atoms with Crippen LogP contribution in [0.2, 0.25) is 10.0 Å². The monoisotopic (exact) mass is 450 g/mol. The Labute approximate surface area is 188 Å². The molecule has 1 atom stereocenters. The molecular formula is C23H28Cl2N2O3. The second kappa shape index (κ2) is 10.2. The average molecular weight is 451 g/mol. The van der Waals surface area contributed by atoms with Crippen LogP contribution in [0.5, 0.6) is 5.75 Å². The van der Waals surface area contributed by atoms with Crippen LogP contribution >= 0.6 is 23.2 Å². The summed E-state index contributed by atoms with van der Waals surface area (Å²) in [5, 5.41) is 3.87. The molecule has 5 nitrogen and oxygen atoms in total. The number of carbonyl (C=O) groups excluding carboxylic acids is 2. The third-order valence-corrected chi connectivity index (χ3v) is 5.10. The third kappa shape index (κ3) is 6.92. The van der Waals surface area contributed by atoms with Crippen molar-refractivity contribution in [3.05, 3.63) is 63.6 Å². The lowest BCUT2D eigenvalue weighted by Crippen LogP contribution is -2.52. The number of amides is 2. The topological polar surface area (TPSA) is 58.6 Å². The summed E-state index contributed by atoms with van der Waals surface area (Å²) in [6.45, 7) is 7.70. The highest BCUT2D eigenvalue weighted by Crippen LogP contribution is 2.23. The smallest absolute Gasteiger partial charge is 0.242 e. The lowest BCUT2D eigenvalue weighted by Gasteiger charge is -2.31. The van der Waals surface area contributed by atoms with Gasteiger partial charge in [0, 0.05) is 22.1 Å². The number of methoxy groups -OCH3 is 1. The Balaban J connectivity index is 2.30. The SMILES string of the molecule is COc1cccc(CN(C(=O)Cc2ccc(Cl)cc2Cl)[C@@H](C)C(=O)NC(C)(C)C)c1. The van der Waals surface area contributed by atoms with E-state index in [-0.39, 0.29) is 24.8 Å². The maximum Gasteiger partial charge on any atom is 0.242 e. The van der Waals surface area contributed by atoms with Crippen molar-refractivity contribution in [2.75, 3.05) is 7.11 Å². The molecular weight excluding hydrogens is 423 g/mol. The summed E-state index contributed by atoms with van der Waals surface area (Å²) in [6.07, 6.45) is 0.0626. The first kappa shape index (κ1) is 24.0. The first-order valence-corrected chi connectivity index (χ1v) is 10.4. The number of carbonyl (C=O) groups is 2. The zero-order valence-electron chi connectivity index (χ0n) is 18.0. The van der Waals surface area contributed by atoms with E-state index in [9.17, 15) is 9.59 Å². The highest BCUT2D eigenvalue weighted by atomic mass is 35.5. The number of hydrogen-bond acceptors (Lipinski definition) is 3. The molecule has 1 N–H and O–H groups in total. The normalized spacial score (nSPS) is 12.2. The minimum Gasteiger partial charge on any atom is -0.497 e. The van der Waals surface area contributed by atoms with E-state index >= 15 is 0 Å². The van der Waals surface area contributed by atoms with Crippen LogP contribution < -0.4 is 10.1 Å². The van der Waals surface area contributed by atoms with Gasteiger partial charge in [0.2, 0.25) is 11.8 Å². The summed E-state index contributed by atoms with van der Waals surface area (Å²) in [5.41, 5.74) is 1.11. The fourth-order valence-corrected chi connectivity index (χ4v) is 3.43. The van der Waals surface area contributed by atoms with Gasteiger partial charge in [-0.15, -0.1) is 0 Å². The highest BCUT2D eigenvalue weighted by molar-refractivity contribution is 6.35. The van der Waals surface area contributed by atoms with E-state index in [2.05, 4.69) is 5.32 Å². The number of rotatable bonds is 7. The van der Waals surface area contributed by atoms with Gasteiger partial charge in [-0.2, -0.15) is 0 Å². The Morgan fingerprint density at radius 2 is 1.83 bits per heavy atom. The second-order valence-electron chi connectivity index (χ2n) is 8.20. The molecule has 0 spiro atoms. The summed E-state index contributed by atoms with van der Waals surface area (Å²) in [7, 11) is 1.59. The van der Waals surface area contributed by atoms with Crippen LogP contribution in [0.1, 0.15) is 38.8 Å². The fourth-order valence-electron chi connectivity index (χ4n) is 2.95. The average Bonchev–Trinajstić information content (AvgIpc) is 2.66. The predicted molar refractivity (Wildman–Crippen MR) is 121 cm³/mol. The third-order valence-electron chi connectivity index (χ3n) is 4.51. The van der Waals surface area contributed by atoms with E-state index in [1.807, 2.05) is 45.0 Å². The molecule has 30 heavy (non-hydrogen) atoms. The van der Waals surface area contributed by atoms with Crippen LogP contribution in [-0.2, 0) is 22.6 Å². The van der Waals surface area contributed by atoms with Crippen molar-refractivity contribution in [1.82, 2.24) is 10.2 Å². The van der Waals surface area contributed by atoms with Crippen LogP contribution in [0.15, 0.2) is 42.5 Å². The Morgan fingerprint density at radius 3 is 2.43 bits per heavy atom. The quantitative estimate of drug-likeness (QED) is 0.653. The van der Waals surface area contributed by atoms with E-state index in [0.29, 0.717) is 21.4 Å². The minimum absolute atomic E-state index is 0.0626. The Kier molecular flexibility index (Phi) is 8.16. The van der Waals surface area contributed by atoms with Crippen LogP contribution in [0.3, 0.4) is 0 Å². The molecule has 162 valence electrons. The first-order chi connectivity index (χ1) is 14.0. The van der Waals surface area contributed by atoms with Crippen molar-refractivity contribution in [3.8, 4) is 5.75 Å². The van der Waals surface area contributed by atoms with Crippen LogP contribution in [0, 0.1) is 0 Å². The van der Waals surface area contributed by atoms with E-state index in [4.69, 9.17) is 27.9 Å². The molecule has 0 radical (unpaired) electrons. The van der Waals surface area contributed by atoms with Gasteiger partial charge in [-0.1, -0.05) is 41.4 Å². The largest absolute Gasteiger partial charge is 0.497 e. The maximum atomic E-state index is 13.2. The van der Waals surface area contributed by atoms with Crippen molar-refractivity contribution < 1.29 is 14.3 Å². The predicted octanol–water partition coefficient (Wildman–Crippen LogP) is 4.88. The molecule has 0 saturated heterocycles. The Morgan fingerprint density at radius 1 is 1.13 bits per heavy atom. The number of hydrogen-bond donors (Lipinski definition) is 1. The number of benzene rings is 2. The van der Waals surface area contributed by atoms with E-state index in [1.54, 1.807) is 37.1 Å². The van der Waals surface area contributed by atoms with Crippen molar-refractivity contribution in [2.45, 2.75) is 52.2 Å². The highest BCUT2D eigenvalue weighted by Gasteiger charge is 2.28. The molecule has 0 fully saturated rings. The molecule has 0 aliphatic rings. The molecule has 2 aromatic rings. The lowest BCUT2D eigenvalue weighted by atomic mass is 10.1. The van der Waals surface area contributed by atoms with Crippen molar-refractivity contribution >= 4 is 35.0 Å². The molecule has 2 aromatic carbocycles. The molecule has 7 heteroatoms. The summed E-state index contributed by atoms with van der Waals surface area (Å²) in [6, 6.07) is 11.8. The summed E-state index contributed by atoms with van der Waals surface area (Å²) >= 11 is 12.2. The van der Waals surface area contributed by atoms with Gasteiger partial charge < -0.3 is 15.0 Å². The number of halogens is 2. The summed E-state index contributed by atoms with van der Waals surface area (Å²) in [5.74, 6) is 0.256. The second-order valence-corrected chi connectivity index (χ2v) is 9.04. The van der Waals surface area contributed by atoms with Crippen LogP contribution in [-0.4, -0.2) is 35.4 Å². The summed E-state index contributed by atoms with van der Waals surface area (Å²) < 4.78 is 5.28. The minimum atomic E-state index is -0.672. The molecule has 0 unspecified atom stereocenters. The van der Waals surface area contributed by atoms with E-state index in [0.717, 1.165) is 5.56 Å². The van der Waals surface area contributed by atoms with Crippen molar-refractivity contribution in [1.29, 1.82) is 0 Å². The molecule has 0 aliphatic heterocycles. The van der Waals surface area contributed by atoms with Crippen molar-refractivity contribution in [3.63, 3.8) is 0 Å². The molecule has 2 amide bonds. The van der Waals surface area contributed by atoms with Gasteiger partial charge in [0.25, 0.3) is 0 Å². The van der Waals surface area contributed by atoms with E-state index < -0.39 is 11.6 Å². The van der Waals surface area contributed by atoms with E-state index in [1.165, 1.54) is 0 Å². The molecule has 0 heterocycles. The Bertz CT molecular complexity index is 910. The van der Waals surface area contributed by atoms with Gasteiger partial charge in [0.05, 0.1) is 13.5 Å². The molecule has 0 saturated carbocycles. The number of nitrogens with zero attached hydrogens (tertiary/aromatic N) is 1. The number of nitrogens with one attached hydrogen (secondary N) is 1. The fraction of sp³-hybridized carbons (Fsp3) is 0.391. The molecule has 0 aliphatic carbocycles. The summed E-state index contributed by atoms with van der Waals surface area (Å²) in [4.78, 5) is 27.6. The van der Waals surface area contributed by atoms with Crippen LogP contribution in [0.4, 0.5) is 0 Å². The molecule has 2 rings (SSSR count). The first-order valence-electron chi connectivity index (χ1n) is 9.68.